The van der Waals surface area contributed by atoms with Gasteiger partial charge in [0.1, 0.15) is 6.29 Å². The van der Waals surface area contributed by atoms with Crippen LogP contribution in [-0.2, 0) is 0 Å². The molecule has 0 fully saturated rings. The average Bonchev–Trinajstić information content (AvgIpc) is 2.01. The molecule has 3 nitrogen and oxygen atoms in total. The van der Waals surface area contributed by atoms with Crippen molar-refractivity contribution in [1.29, 1.82) is 0 Å². The van der Waals surface area contributed by atoms with Gasteiger partial charge in [-0.3, -0.25) is 4.79 Å². The van der Waals surface area contributed by atoms with Gasteiger partial charge >= 0.3 is 0 Å². The third-order valence-corrected chi connectivity index (χ3v) is 1.58. The van der Waals surface area contributed by atoms with E-state index in [9.17, 15) is 4.79 Å². The number of aldehydes is 1. The Hall–Kier alpha value is -1.51. The van der Waals surface area contributed by atoms with E-state index in [1.54, 1.807) is 6.92 Å². The number of benzene rings is 1. The first-order chi connectivity index (χ1) is 5.16. The van der Waals surface area contributed by atoms with Crippen molar-refractivity contribution in [3.05, 3.63) is 23.3 Å². The molecule has 1 aromatic rings. The van der Waals surface area contributed by atoms with E-state index in [0.717, 1.165) is 0 Å². The number of hydrogen-bond acceptors (Lipinski definition) is 3. The number of phenolic OH excluding ortho intramolecular Hbond substituents is 2. The standard InChI is InChI=1S/C8H8O3/c1-5-6(4-9)2-3-7(10)8(5)11/h2-4,10-11H,1H3. The fourth-order valence-electron chi connectivity index (χ4n) is 0.829. The van der Waals surface area contributed by atoms with E-state index >= 15 is 0 Å². The van der Waals surface area contributed by atoms with Crippen LogP contribution in [0.25, 0.3) is 0 Å². The van der Waals surface area contributed by atoms with Gasteiger partial charge in [-0.15, -0.1) is 0 Å². The SMILES string of the molecule is Cc1c(C=O)ccc(O)c1O. The van der Waals surface area contributed by atoms with Crippen molar-refractivity contribution in [3.8, 4) is 11.5 Å². The van der Waals surface area contributed by atoms with E-state index in [2.05, 4.69) is 0 Å². The van der Waals surface area contributed by atoms with Crippen molar-refractivity contribution < 1.29 is 15.0 Å². The second-order valence-corrected chi connectivity index (χ2v) is 2.27. The number of phenols is 2. The van der Waals surface area contributed by atoms with Crippen LogP contribution >= 0.6 is 0 Å². The summed E-state index contributed by atoms with van der Waals surface area (Å²) in [6, 6.07) is 2.74. The molecule has 0 atom stereocenters. The minimum Gasteiger partial charge on any atom is -0.504 e. The highest BCUT2D eigenvalue weighted by Crippen LogP contribution is 2.29. The molecular weight excluding hydrogens is 144 g/mol. The normalized spacial score (nSPS) is 9.55. The summed E-state index contributed by atoms with van der Waals surface area (Å²) in [5.74, 6) is -0.428. The lowest BCUT2D eigenvalue weighted by molar-refractivity contribution is 0.112. The van der Waals surface area contributed by atoms with E-state index < -0.39 is 0 Å². The summed E-state index contributed by atoms with van der Waals surface area (Å²) in [6.07, 6.45) is 0.633. The molecule has 0 aromatic heterocycles. The van der Waals surface area contributed by atoms with Crippen LogP contribution in [0.3, 0.4) is 0 Å². The van der Waals surface area contributed by atoms with Gasteiger partial charge in [0.05, 0.1) is 0 Å². The Morgan fingerprint density at radius 3 is 2.55 bits per heavy atom. The van der Waals surface area contributed by atoms with Gasteiger partial charge in [0, 0.05) is 11.1 Å². The first-order valence-electron chi connectivity index (χ1n) is 3.13. The van der Waals surface area contributed by atoms with Crippen molar-refractivity contribution in [1.82, 2.24) is 0 Å². The van der Waals surface area contributed by atoms with Crippen LogP contribution in [0.1, 0.15) is 15.9 Å². The third-order valence-electron chi connectivity index (χ3n) is 1.58. The summed E-state index contributed by atoms with van der Waals surface area (Å²) in [6.45, 7) is 1.57. The number of carbonyl (C=O) groups is 1. The molecule has 0 saturated heterocycles. The Morgan fingerprint density at radius 1 is 1.36 bits per heavy atom. The lowest BCUT2D eigenvalue weighted by atomic mass is 10.1. The van der Waals surface area contributed by atoms with Gasteiger partial charge in [0.2, 0.25) is 0 Å². The van der Waals surface area contributed by atoms with E-state index in [1.807, 2.05) is 0 Å². The topological polar surface area (TPSA) is 57.5 Å². The van der Waals surface area contributed by atoms with Gasteiger partial charge in [-0.1, -0.05) is 0 Å². The second-order valence-electron chi connectivity index (χ2n) is 2.27. The predicted octanol–water partition coefficient (Wildman–Crippen LogP) is 1.22. The number of carbonyl (C=O) groups excluding carboxylic acids is 1. The lowest BCUT2D eigenvalue weighted by Gasteiger charge is -2.02. The minimum atomic E-state index is -0.227. The van der Waals surface area contributed by atoms with Crippen LogP contribution in [0.5, 0.6) is 11.5 Å². The summed E-state index contributed by atoms with van der Waals surface area (Å²) in [5, 5.41) is 18.1. The molecule has 1 aromatic carbocycles. The van der Waals surface area contributed by atoms with Crippen molar-refractivity contribution in [2.75, 3.05) is 0 Å². The Bertz CT molecular complexity index is 292. The molecule has 1 rings (SSSR count). The quantitative estimate of drug-likeness (QED) is 0.470. The maximum atomic E-state index is 10.3. The molecule has 0 heterocycles. The number of aromatic hydroxyl groups is 2. The van der Waals surface area contributed by atoms with Crippen LogP contribution < -0.4 is 0 Å². The highest BCUT2D eigenvalue weighted by atomic mass is 16.3. The number of hydrogen-bond donors (Lipinski definition) is 2. The molecule has 0 aliphatic carbocycles. The molecule has 0 bridgehead atoms. The smallest absolute Gasteiger partial charge is 0.161 e. The summed E-state index contributed by atoms with van der Waals surface area (Å²) in [4.78, 5) is 10.3. The average molecular weight is 152 g/mol. The van der Waals surface area contributed by atoms with Crippen LogP contribution in [-0.4, -0.2) is 16.5 Å². The van der Waals surface area contributed by atoms with E-state index in [1.165, 1.54) is 12.1 Å². The maximum absolute atomic E-state index is 10.3. The van der Waals surface area contributed by atoms with Crippen LogP contribution in [0.15, 0.2) is 12.1 Å². The zero-order chi connectivity index (χ0) is 8.43. The first kappa shape index (κ1) is 7.60. The maximum Gasteiger partial charge on any atom is 0.161 e. The molecule has 11 heavy (non-hydrogen) atoms. The molecule has 3 heteroatoms. The summed E-state index contributed by atoms with van der Waals surface area (Å²) in [5.41, 5.74) is 0.792. The minimum absolute atomic E-state index is 0.201. The molecule has 0 unspecified atom stereocenters. The van der Waals surface area contributed by atoms with Gasteiger partial charge in [0.25, 0.3) is 0 Å². The Morgan fingerprint density at radius 2 is 2.00 bits per heavy atom. The van der Waals surface area contributed by atoms with E-state index in [0.29, 0.717) is 17.4 Å². The molecular formula is C8H8O3. The van der Waals surface area contributed by atoms with Crippen LogP contribution in [0.4, 0.5) is 0 Å². The van der Waals surface area contributed by atoms with Gasteiger partial charge in [-0.05, 0) is 19.1 Å². The van der Waals surface area contributed by atoms with Gasteiger partial charge in [-0.25, -0.2) is 0 Å². The van der Waals surface area contributed by atoms with Gasteiger partial charge in [0.15, 0.2) is 11.5 Å². The van der Waals surface area contributed by atoms with Crippen molar-refractivity contribution in [3.63, 3.8) is 0 Å². The first-order valence-corrected chi connectivity index (χ1v) is 3.13. The summed E-state index contributed by atoms with van der Waals surface area (Å²) >= 11 is 0. The zero-order valence-electron chi connectivity index (χ0n) is 6.03. The highest BCUT2D eigenvalue weighted by molar-refractivity contribution is 5.79. The zero-order valence-corrected chi connectivity index (χ0v) is 6.03. The third kappa shape index (κ3) is 1.17. The molecule has 2 N–H and O–H groups in total. The monoisotopic (exact) mass is 152 g/mol. The van der Waals surface area contributed by atoms with Gasteiger partial charge < -0.3 is 10.2 Å². The predicted molar refractivity (Wildman–Crippen MR) is 39.9 cm³/mol. The van der Waals surface area contributed by atoms with Crippen molar-refractivity contribution in [2.45, 2.75) is 6.92 Å². The van der Waals surface area contributed by atoms with Crippen molar-refractivity contribution >= 4 is 6.29 Å². The van der Waals surface area contributed by atoms with Crippen LogP contribution in [0.2, 0.25) is 0 Å². The van der Waals surface area contributed by atoms with Crippen LogP contribution in [0, 0.1) is 6.92 Å². The fraction of sp³-hybridized carbons (Fsp3) is 0.125. The van der Waals surface area contributed by atoms with Crippen molar-refractivity contribution in [2.24, 2.45) is 0 Å². The van der Waals surface area contributed by atoms with E-state index in [-0.39, 0.29) is 11.5 Å². The lowest BCUT2D eigenvalue weighted by Crippen LogP contribution is -1.85. The molecule has 0 amide bonds. The Kier molecular flexibility index (Phi) is 1.81. The number of rotatable bonds is 1. The molecule has 0 spiro atoms. The molecule has 0 radical (unpaired) electrons. The molecule has 0 aliphatic heterocycles. The largest absolute Gasteiger partial charge is 0.504 e. The molecule has 0 saturated carbocycles. The summed E-state index contributed by atoms with van der Waals surface area (Å²) in [7, 11) is 0. The molecule has 58 valence electrons. The van der Waals surface area contributed by atoms with E-state index in [4.69, 9.17) is 10.2 Å². The Balaban J connectivity index is 3.36. The summed E-state index contributed by atoms with van der Waals surface area (Å²) < 4.78 is 0. The molecule has 0 aliphatic rings. The fourth-order valence-corrected chi connectivity index (χ4v) is 0.829. The second kappa shape index (κ2) is 2.62. The Labute approximate surface area is 63.9 Å². The highest BCUT2D eigenvalue weighted by Gasteiger charge is 2.05. The van der Waals surface area contributed by atoms with Gasteiger partial charge in [-0.2, -0.15) is 0 Å².